The molecule has 0 aliphatic carbocycles. The van der Waals surface area contributed by atoms with E-state index in [1.807, 2.05) is 38.1 Å². The number of likely N-dealkylation sites (tertiary alicyclic amines) is 1. The van der Waals surface area contributed by atoms with Crippen molar-refractivity contribution in [3.05, 3.63) is 65.2 Å². The van der Waals surface area contributed by atoms with Gasteiger partial charge in [-0.3, -0.25) is 9.69 Å². The van der Waals surface area contributed by atoms with Crippen LogP contribution in [0.25, 0.3) is 0 Å². The molecule has 1 fully saturated rings. The number of piperidine rings is 1. The number of nitrogens with zero attached hydrogens (tertiary/aromatic N) is 1. The molecule has 0 radical (unpaired) electrons. The number of amides is 1. The van der Waals surface area contributed by atoms with E-state index in [-0.39, 0.29) is 18.6 Å². The number of aryl methyl sites for hydroxylation is 2. The highest BCUT2D eigenvalue weighted by molar-refractivity contribution is 5.78. The molecule has 2 aromatic rings. The lowest BCUT2D eigenvalue weighted by Crippen LogP contribution is -2.45. The smallest absolute Gasteiger partial charge is 0.258 e. The van der Waals surface area contributed by atoms with Gasteiger partial charge in [-0.2, -0.15) is 0 Å². The number of nitrogens with one attached hydrogen (secondary N) is 1. The molecular formula is C22H28N2O2. The quantitative estimate of drug-likeness (QED) is 0.866. The number of carbonyl (C=O) groups is 1. The zero-order chi connectivity index (χ0) is 18.4. The van der Waals surface area contributed by atoms with Crippen LogP contribution in [0.1, 0.15) is 29.5 Å². The molecule has 0 unspecified atom stereocenters. The summed E-state index contributed by atoms with van der Waals surface area (Å²) in [6.07, 6.45) is 1.98. The normalized spacial score (nSPS) is 15.6. The molecule has 0 bridgehead atoms. The fraction of sp³-hybridized carbons (Fsp3) is 0.409. The molecule has 0 saturated carbocycles. The summed E-state index contributed by atoms with van der Waals surface area (Å²) < 4.78 is 5.75. The van der Waals surface area contributed by atoms with Gasteiger partial charge in [0.05, 0.1) is 0 Å². The molecule has 0 atom stereocenters. The van der Waals surface area contributed by atoms with E-state index in [2.05, 4.69) is 34.5 Å². The molecule has 1 saturated heterocycles. The van der Waals surface area contributed by atoms with Crippen molar-refractivity contribution in [2.75, 3.05) is 19.7 Å². The Bertz CT molecular complexity index is 702. The predicted molar refractivity (Wildman–Crippen MR) is 104 cm³/mol. The Balaban J connectivity index is 1.41. The van der Waals surface area contributed by atoms with E-state index in [0.29, 0.717) is 0 Å². The predicted octanol–water partition coefficient (Wildman–Crippen LogP) is 3.46. The van der Waals surface area contributed by atoms with E-state index >= 15 is 0 Å². The van der Waals surface area contributed by atoms with Crippen molar-refractivity contribution in [2.24, 2.45) is 0 Å². The second-order valence-electron chi connectivity index (χ2n) is 7.11. The molecule has 1 aliphatic heterocycles. The van der Waals surface area contributed by atoms with E-state index in [4.69, 9.17) is 4.74 Å². The highest BCUT2D eigenvalue weighted by atomic mass is 16.5. The van der Waals surface area contributed by atoms with Crippen LogP contribution in [0.2, 0.25) is 0 Å². The molecule has 4 heteroatoms. The van der Waals surface area contributed by atoms with Crippen molar-refractivity contribution in [3.8, 4) is 5.75 Å². The SMILES string of the molecule is Cc1cccc(C)c1OCC(=O)NC1CCN(Cc2ccccc2)CC1. The van der Waals surface area contributed by atoms with Crippen LogP contribution < -0.4 is 10.1 Å². The van der Waals surface area contributed by atoms with Crippen molar-refractivity contribution >= 4 is 5.91 Å². The largest absolute Gasteiger partial charge is 0.483 e. The number of hydrogen-bond donors (Lipinski definition) is 1. The highest BCUT2D eigenvalue weighted by Gasteiger charge is 2.21. The van der Waals surface area contributed by atoms with Crippen LogP contribution in [0.15, 0.2) is 48.5 Å². The summed E-state index contributed by atoms with van der Waals surface area (Å²) in [6.45, 7) is 7.09. The van der Waals surface area contributed by atoms with Gasteiger partial charge < -0.3 is 10.1 Å². The summed E-state index contributed by atoms with van der Waals surface area (Å²) in [6, 6.07) is 16.8. The van der Waals surface area contributed by atoms with E-state index in [1.165, 1.54) is 5.56 Å². The fourth-order valence-corrected chi connectivity index (χ4v) is 3.51. The summed E-state index contributed by atoms with van der Waals surface area (Å²) in [7, 11) is 0. The van der Waals surface area contributed by atoms with Gasteiger partial charge in [-0.1, -0.05) is 48.5 Å². The van der Waals surface area contributed by atoms with Crippen molar-refractivity contribution in [2.45, 2.75) is 39.3 Å². The first-order chi connectivity index (χ1) is 12.6. The van der Waals surface area contributed by atoms with E-state index in [1.54, 1.807) is 0 Å². The maximum absolute atomic E-state index is 12.2. The molecule has 3 rings (SSSR count). The number of carbonyl (C=O) groups excluding carboxylic acids is 1. The number of ether oxygens (including phenoxy) is 1. The van der Waals surface area contributed by atoms with E-state index < -0.39 is 0 Å². The Morgan fingerprint density at radius 2 is 1.69 bits per heavy atom. The van der Waals surface area contributed by atoms with Crippen molar-refractivity contribution in [1.29, 1.82) is 0 Å². The Labute approximate surface area is 156 Å². The topological polar surface area (TPSA) is 41.6 Å². The summed E-state index contributed by atoms with van der Waals surface area (Å²) in [4.78, 5) is 14.7. The van der Waals surface area contributed by atoms with Gasteiger partial charge in [0.25, 0.3) is 5.91 Å². The third-order valence-corrected chi connectivity index (χ3v) is 4.96. The fourth-order valence-electron chi connectivity index (χ4n) is 3.51. The van der Waals surface area contributed by atoms with Crippen molar-refractivity contribution in [3.63, 3.8) is 0 Å². The van der Waals surface area contributed by atoms with Gasteiger partial charge in [0, 0.05) is 25.7 Å². The molecule has 1 aliphatic rings. The number of para-hydroxylation sites is 1. The average Bonchev–Trinajstić information content (AvgIpc) is 2.64. The van der Waals surface area contributed by atoms with Crippen LogP contribution in [0, 0.1) is 13.8 Å². The minimum atomic E-state index is -0.0332. The lowest BCUT2D eigenvalue weighted by molar-refractivity contribution is -0.124. The Morgan fingerprint density at radius 3 is 2.35 bits per heavy atom. The van der Waals surface area contributed by atoms with Crippen LogP contribution in [0.4, 0.5) is 0 Å². The maximum atomic E-state index is 12.2. The lowest BCUT2D eigenvalue weighted by atomic mass is 10.0. The van der Waals surface area contributed by atoms with Gasteiger partial charge in [-0.05, 0) is 43.4 Å². The number of rotatable bonds is 6. The second kappa shape index (κ2) is 8.86. The second-order valence-corrected chi connectivity index (χ2v) is 7.11. The van der Waals surface area contributed by atoms with Crippen LogP contribution >= 0.6 is 0 Å². The molecule has 1 amide bonds. The van der Waals surface area contributed by atoms with E-state index in [9.17, 15) is 4.79 Å². The first kappa shape index (κ1) is 18.5. The third-order valence-electron chi connectivity index (χ3n) is 4.96. The Morgan fingerprint density at radius 1 is 1.04 bits per heavy atom. The molecule has 4 nitrogen and oxygen atoms in total. The molecule has 2 aromatic carbocycles. The lowest BCUT2D eigenvalue weighted by Gasteiger charge is -2.32. The minimum absolute atomic E-state index is 0.0332. The Kier molecular flexibility index (Phi) is 6.29. The number of hydrogen-bond acceptors (Lipinski definition) is 3. The summed E-state index contributed by atoms with van der Waals surface area (Å²) in [5.74, 6) is 0.787. The third kappa shape index (κ3) is 5.09. The van der Waals surface area contributed by atoms with Gasteiger partial charge in [0.15, 0.2) is 6.61 Å². The first-order valence-corrected chi connectivity index (χ1v) is 9.36. The van der Waals surface area contributed by atoms with Crippen LogP contribution in [-0.4, -0.2) is 36.5 Å². The maximum Gasteiger partial charge on any atom is 0.258 e. The summed E-state index contributed by atoms with van der Waals surface area (Å²) in [5.41, 5.74) is 3.47. The molecule has 0 aromatic heterocycles. The first-order valence-electron chi connectivity index (χ1n) is 9.36. The average molecular weight is 352 g/mol. The van der Waals surface area contributed by atoms with Gasteiger partial charge in [0.1, 0.15) is 5.75 Å². The van der Waals surface area contributed by atoms with Gasteiger partial charge in [-0.15, -0.1) is 0 Å². The number of benzene rings is 2. The summed E-state index contributed by atoms with van der Waals surface area (Å²) in [5, 5.41) is 3.12. The standard InChI is InChI=1S/C22H28N2O2/c1-17-7-6-8-18(2)22(17)26-16-21(25)23-20-11-13-24(14-12-20)15-19-9-4-3-5-10-19/h3-10,20H,11-16H2,1-2H3,(H,23,25). The summed E-state index contributed by atoms with van der Waals surface area (Å²) >= 11 is 0. The zero-order valence-corrected chi connectivity index (χ0v) is 15.7. The van der Waals surface area contributed by atoms with E-state index in [0.717, 1.165) is 49.4 Å². The van der Waals surface area contributed by atoms with Gasteiger partial charge in [-0.25, -0.2) is 0 Å². The molecular weight excluding hydrogens is 324 g/mol. The van der Waals surface area contributed by atoms with Crippen LogP contribution in [0.3, 0.4) is 0 Å². The molecule has 26 heavy (non-hydrogen) atoms. The monoisotopic (exact) mass is 352 g/mol. The molecule has 1 heterocycles. The van der Waals surface area contributed by atoms with Crippen molar-refractivity contribution < 1.29 is 9.53 Å². The van der Waals surface area contributed by atoms with Gasteiger partial charge >= 0.3 is 0 Å². The Hall–Kier alpha value is -2.33. The molecule has 0 spiro atoms. The van der Waals surface area contributed by atoms with Crippen molar-refractivity contribution in [1.82, 2.24) is 10.2 Å². The van der Waals surface area contributed by atoms with Gasteiger partial charge in [0.2, 0.25) is 0 Å². The van der Waals surface area contributed by atoms with Crippen LogP contribution in [0.5, 0.6) is 5.75 Å². The molecule has 138 valence electrons. The van der Waals surface area contributed by atoms with Crippen LogP contribution in [-0.2, 0) is 11.3 Å². The minimum Gasteiger partial charge on any atom is -0.483 e. The highest BCUT2D eigenvalue weighted by Crippen LogP contribution is 2.22. The molecule has 1 N–H and O–H groups in total. The zero-order valence-electron chi connectivity index (χ0n) is 15.7.